The third-order valence-electron chi connectivity index (χ3n) is 3.04. The Hall–Kier alpha value is -0.200. The standard InChI is InChI=1S/C8H15NO4/c10-4-1-2-9-3-5(11)7(12)8(13)6(4)9/h4-8,10-13H,1-3H2/t4-,5-,6?,7-,8+/m0/s1. The topological polar surface area (TPSA) is 84.2 Å². The van der Waals surface area contributed by atoms with E-state index >= 15 is 0 Å². The average Bonchev–Trinajstić information content (AvgIpc) is 2.43. The van der Waals surface area contributed by atoms with Gasteiger partial charge in [-0.2, -0.15) is 0 Å². The molecule has 2 rings (SSSR count). The van der Waals surface area contributed by atoms with Gasteiger partial charge < -0.3 is 20.4 Å². The van der Waals surface area contributed by atoms with Crippen LogP contribution in [0, 0.1) is 0 Å². The fraction of sp³-hybridized carbons (Fsp3) is 1.00. The maximum Gasteiger partial charge on any atom is 0.109 e. The molecule has 5 atom stereocenters. The van der Waals surface area contributed by atoms with Crippen molar-refractivity contribution >= 4 is 0 Å². The van der Waals surface area contributed by atoms with Gasteiger partial charge in [-0.15, -0.1) is 0 Å². The van der Waals surface area contributed by atoms with Crippen molar-refractivity contribution in [3.05, 3.63) is 0 Å². The molecule has 2 aliphatic rings. The molecule has 0 saturated carbocycles. The van der Waals surface area contributed by atoms with Crippen LogP contribution in [0.3, 0.4) is 0 Å². The van der Waals surface area contributed by atoms with Crippen LogP contribution in [-0.2, 0) is 0 Å². The molecule has 76 valence electrons. The first-order valence-electron chi connectivity index (χ1n) is 4.57. The van der Waals surface area contributed by atoms with Crippen molar-refractivity contribution in [3.8, 4) is 0 Å². The van der Waals surface area contributed by atoms with Crippen LogP contribution in [0.15, 0.2) is 0 Å². The van der Waals surface area contributed by atoms with Crippen LogP contribution in [0.5, 0.6) is 0 Å². The van der Waals surface area contributed by atoms with E-state index in [0.29, 0.717) is 19.5 Å². The molecule has 5 nitrogen and oxygen atoms in total. The second-order valence-corrected chi connectivity index (χ2v) is 3.89. The minimum absolute atomic E-state index is 0.333. The molecule has 2 saturated heterocycles. The Morgan fingerprint density at radius 1 is 0.923 bits per heavy atom. The molecule has 0 amide bonds. The fourth-order valence-electron chi connectivity index (χ4n) is 2.30. The van der Waals surface area contributed by atoms with Crippen molar-refractivity contribution in [1.29, 1.82) is 0 Å². The Morgan fingerprint density at radius 3 is 2.31 bits per heavy atom. The van der Waals surface area contributed by atoms with Crippen LogP contribution in [0.4, 0.5) is 0 Å². The molecule has 0 aromatic carbocycles. The monoisotopic (exact) mass is 189 g/mol. The summed E-state index contributed by atoms with van der Waals surface area (Å²) in [6.45, 7) is 1.01. The number of nitrogens with zero attached hydrogens (tertiary/aromatic N) is 1. The molecule has 5 heteroatoms. The predicted molar refractivity (Wildman–Crippen MR) is 44.0 cm³/mol. The van der Waals surface area contributed by atoms with Gasteiger partial charge in [0.05, 0.1) is 18.2 Å². The number of rotatable bonds is 0. The molecule has 13 heavy (non-hydrogen) atoms. The van der Waals surface area contributed by atoms with Crippen molar-refractivity contribution in [3.63, 3.8) is 0 Å². The number of hydrogen-bond donors (Lipinski definition) is 4. The molecule has 0 aromatic heterocycles. The van der Waals surface area contributed by atoms with E-state index < -0.39 is 30.5 Å². The molecule has 0 spiro atoms. The third kappa shape index (κ3) is 1.37. The first-order chi connectivity index (χ1) is 6.11. The first kappa shape index (κ1) is 9.36. The Morgan fingerprint density at radius 2 is 1.62 bits per heavy atom. The lowest BCUT2D eigenvalue weighted by Crippen LogP contribution is -2.61. The molecule has 0 aliphatic carbocycles. The van der Waals surface area contributed by atoms with Gasteiger partial charge in [-0.1, -0.05) is 0 Å². The zero-order valence-electron chi connectivity index (χ0n) is 7.24. The van der Waals surface area contributed by atoms with Gasteiger partial charge in [-0.25, -0.2) is 0 Å². The van der Waals surface area contributed by atoms with Crippen LogP contribution >= 0.6 is 0 Å². The molecule has 4 N–H and O–H groups in total. The summed E-state index contributed by atoms with van der Waals surface area (Å²) in [6.07, 6.45) is -3.06. The summed E-state index contributed by atoms with van der Waals surface area (Å²) < 4.78 is 0. The minimum atomic E-state index is -1.13. The number of piperidine rings is 1. The highest BCUT2D eigenvalue weighted by molar-refractivity contribution is 5.01. The Balaban J connectivity index is 2.15. The Kier molecular flexibility index (Phi) is 2.29. The molecule has 2 fully saturated rings. The molecule has 2 aliphatic heterocycles. The lowest BCUT2D eigenvalue weighted by molar-refractivity contribution is -0.140. The van der Waals surface area contributed by atoms with E-state index in [2.05, 4.69) is 0 Å². The van der Waals surface area contributed by atoms with E-state index in [1.165, 1.54) is 0 Å². The van der Waals surface area contributed by atoms with E-state index in [1.807, 2.05) is 4.90 Å². The highest BCUT2D eigenvalue weighted by atomic mass is 16.4. The number of aliphatic hydroxyl groups excluding tert-OH is 4. The molecular formula is C8H15NO4. The quantitative estimate of drug-likeness (QED) is 0.339. The fourth-order valence-corrected chi connectivity index (χ4v) is 2.30. The highest BCUT2D eigenvalue weighted by Crippen LogP contribution is 2.27. The molecule has 2 heterocycles. The maximum absolute atomic E-state index is 9.58. The Labute approximate surface area is 76.2 Å². The maximum atomic E-state index is 9.58. The van der Waals surface area contributed by atoms with E-state index in [1.54, 1.807) is 0 Å². The van der Waals surface area contributed by atoms with Gasteiger partial charge in [-0.05, 0) is 6.42 Å². The van der Waals surface area contributed by atoms with Gasteiger partial charge in [0.15, 0.2) is 0 Å². The largest absolute Gasteiger partial charge is 0.391 e. The van der Waals surface area contributed by atoms with E-state index in [4.69, 9.17) is 0 Å². The summed E-state index contributed by atoms with van der Waals surface area (Å²) in [5.74, 6) is 0. The molecule has 0 bridgehead atoms. The lowest BCUT2D eigenvalue weighted by atomic mass is 9.93. The Bertz CT molecular complexity index is 201. The number of hydrogen-bond acceptors (Lipinski definition) is 5. The zero-order valence-corrected chi connectivity index (χ0v) is 7.24. The average molecular weight is 189 g/mol. The molecule has 1 unspecified atom stereocenters. The second-order valence-electron chi connectivity index (χ2n) is 3.89. The van der Waals surface area contributed by atoms with Gasteiger partial charge in [0, 0.05) is 13.1 Å². The third-order valence-corrected chi connectivity index (χ3v) is 3.04. The lowest BCUT2D eigenvalue weighted by Gasteiger charge is -2.40. The van der Waals surface area contributed by atoms with E-state index in [9.17, 15) is 20.4 Å². The summed E-state index contributed by atoms with van der Waals surface area (Å²) in [5.41, 5.74) is 0. The summed E-state index contributed by atoms with van der Waals surface area (Å²) in [6, 6.07) is -0.404. The molecular weight excluding hydrogens is 174 g/mol. The molecule has 0 aromatic rings. The van der Waals surface area contributed by atoms with E-state index in [0.717, 1.165) is 0 Å². The first-order valence-corrected chi connectivity index (χ1v) is 4.57. The van der Waals surface area contributed by atoms with Crippen LogP contribution in [0.2, 0.25) is 0 Å². The van der Waals surface area contributed by atoms with Crippen LogP contribution < -0.4 is 0 Å². The second kappa shape index (κ2) is 3.18. The normalized spacial score (nSPS) is 52.2. The zero-order chi connectivity index (χ0) is 9.59. The van der Waals surface area contributed by atoms with Crippen molar-refractivity contribution in [2.45, 2.75) is 36.9 Å². The van der Waals surface area contributed by atoms with Gasteiger partial charge >= 0.3 is 0 Å². The van der Waals surface area contributed by atoms with Gasteiger partial charge in [0.1, 0.15) is 12.2 Å². The van der Waals surface area contributed by atoms with Crippen LogP contribution in [0.1, 0.15) is 6.42 Å². The van der Waals surface area contributed by atoms with Crippen molar-refractivity contribution in [1.82, 2.24) is 4.90 Å². The summed E-state index contributed by atoms with van der Waals surface area (Å²) >= 11 is 0. The predicted octanol–water partition coefficient (Wildman–Crippen LogP) is -2.48. The minimum Gasteiger partial charge on any atom is -0.391 e. The van der Waals surface area contributed by atoms with Crippen LogP contribution in [0.25, 0.3) is 0 Å². The van der Waals surface area contributed by atoms with Gasteiger partial charge in [-0.3, -0.25) is 4.90 Å². The summed E-state index contributed by atoms with van der Waals surface area (Å²) in [7, 11) is 0. The smallest absolute Gasteiger partial charge is 0.109 e. The van der Waals surface area contributed by atoms with Crippen molar-refractivity contribution in [2.75, 3.05) is 13.1 Å². The van der Waals surface area contributed by atoms with Gasteiger partial charge in [0.2, 0.25) is 0 Å². The summed E-state index contributed by atoms with van der Waals surface area (Å²) in [5, 5.41) is 37.8. The summed E-state index contributed by atoms with van der Waals surface area (Å²) in [4.78, 5) is 1.83. The van der Waals surface area contributed by atoms with Crippen molar-refractivity contribution in [2.24, 2.45) is 0 Å². The number of fused-ring (bicyclic) bond motifs is 1. The van der Waals surface area contributed by atoms with Crippen LogP contribution in [-0.4, -0.2) is 68.9 Å². The van der Waals surface area contributed by atoms with Gasteiger partial charge in [0.25, 0.3) is 0 Å². The molecule has 0 radical (unpaired) electrons. The van der Waals surface area contributed by atoms with Crippen molar-refractivity contribution < 1.29 is 20.4 Å². The highest BCUT2D eigenvalue weighted by Gasteiger charge is 2.47. The number of aliphatic hydroxyl groups is 4. The van der Waals surface area contributed by atoms with E-state index in [-0.39, 0.29) is 0 Å². The SMILES string of the molecule is O[C@@H]1[C@H](O)C2[C@@H](O)CCN2C[C@@H]1O.